The average Bonchev–Trinajstić information content (AvgIpc) is 3.19. The summed E-state index contributed by atoms with van der Waals surface area (Å²) < 4.78 is 1.69. The zero-order chi connectivity index (χ0) is 18.5. The second-order valence-corrected chi connectivity index (χ2v) is 7.15. The fourth-order valence-corrected chi connectivity index (χ4v) is 3.54. The minimum atomic E-state index is -0.113. The number of aromatic nitrogens is 1. The number of aliphatic hydroxyl groups excluding tert-OH is 2. The Morgan fingerprint density at radius 1 is 1.15 bits per heavy atom. The molecule has 0 atom stereocenters. The molecule has 7 heteroatoms. The van der Waals surface area contributed by atoms with Gasteiger partial charge < -0.3 is 15.5 Å². The highest BCUT2D eigenvalue weighted by molar-refractivity contribution is 7.81. The smallest absolute Gasteiger partial charge is 0.289 e. The van der Waals surface area contributed by atoms with Crippen LogP contribution in [0.15, 0.2) is 66.3 Å². The van der Waals surface area contributed by atoms with Gasteiger partial charge in [-0.25, -0.2) is 0 Å². The van der Waals surface area contributed by atoms with Gasteiger partial charge in [0.15, 0.2) is 17.4 Å². The molecule has 0 fully saturated rings. The molecule has 26 heavy (non-hydrogen) atoms. The van der Waals surface area contributed by atoms with Crippen LogP contribution >= 0.6 is 35.2 Å². The number of hydrogen-bond acceptors (Lipinski definition) is 4. The molecule has 2 heterocycles. The van der Waals surface area contributed by atoms with E-state index in [4.69, 9.17) is 23.8 Å². The fraction of sp³-hybridized carbons (Fsp3) is 0.0526. The first-order chi connectivity index (χ1) is 12.6. The lowest BCUT2D eigenvalue weighted by molar-refractivity contribution is -0.576. The van der Waals surface area contributed by atoms with Crippen LogP contribution in [0.4, 0.5) is 5.69 Å². The number of thiocarbonyl (C=S) groups is 1. The summed E-state index contributed by atoms with van der Waals surface area (Å²) in [6.07, 6.45) is 3.48. The van der Waals surface area contributed by atoms with Gasteiger partial charge >= 0.3 is 0 Å². The number of halogens is 1. The number of thiophene rings is 1. The molecule has 0 spiro atoms. The van der Waals surface area contributed by atoms with Gasteiger partial charge in [0, 0.05) is 11.6 Å². The van der Waals surface area contributed by atoms with Crippen LogP contribution < -0.4 is 9.88 Å². The molecule has 132 valence electrons. The molecule has 0 radical (unpaired) electrons. The molecular formula is C19H16ClN2O2S2+. The van der Waals surface area contributed by atoms with Crippen molar-refractivity contribution in [2.45, 2.75) is 6.61 Å². The molecule has 0 aliphatic heterocycles. The van der Waals surface area contributed by atoms with Crippen molar-refractivity contribution in [2.24, 2.45) is 0 Å². The highest BCUT2D eigenvalue weighted by Gasteiger charge is 2.25. The molecule has 0 bridgehead atoms. The van der Waals surface area contributed by atoms with E-state index < -0.39 is 0 Å². The number of aliphatic hydroxyl groups is 2. The summed E-state index contributed by atoms with van der Waals surface area (Å²) in [7, 11) is 0. The molecule has 0 saturated heterocycles. The van der Waals surface area contributed by atoms with E-state index in [0.29, 0.717) is 31.8 Å². The highest BCUT2D eigenvalue weighted by Crippen LogP contribution is 2.25. The second-order valence-electron chi connectivity index (χ2n) is 5.39. The minimum Gasteiger partial charge on any atom is -0.501 e. The van der Waals surface area contributed by atoms with Crippen molar-refractivity contribution in [1.82, 2.24) is 0 Å². The van der Waals surface area contributed by atoms with E-state index in [1.54, 1.807) is 35.2 Å². The lowest BCUT2D eigenvalue weighted by Crippen LogP contribution is -2.39. The van der Waals surface area contributed by atoms with Crippen molar-refractivity contribution < 1.29 is 14.8 Å². The van der Waals surface area contributed by atoms with Gasteiger partial charge in [0.1, 0.15) is 0 Å². The number of rotatable bonds is 5. The zero-order valence-electron chi connectivity index (χ0n) is 13.6. The number of benzene rings is 1. The summed E-state index contributed by atoms with van der Waals surface area (Å²) >= 11 is 13.2. The molecule has 1 aromatic carbocycles. The van der Waals surface area contributed by atoms with Crippen molar-refractivity contribution in [1.29, 1.82) is 0 Å². The normalized spacial score (nSPS) is 11.8. The maximum atomic E-state index is 10.9. The molecule has 0 saturated carbocycles. The summed E-state index contributed by atoms with van der Waals surface area (Å²) in [6, 6.07) is 14.5. The first-order valence-electron chi connectivity index (χ1n) is 7.74. The Kier molecular flexibility index (Phi) is 6.00. The third kappa shape index (κ3) is 4.11. The maximum Gasteiger partial charge on any atom is 0.289 e. The molecular weight excluding hydrogens is 388 g/mol. The van der Waals surface area contributed by atoms with Crippen LogP contribution in [0.3, 0.4) is 0 Å². The van der Waals surface area contributed by atoms with Crippen LogP contribution in [-0.2, 0) is 6.61 Å². The van der Waals surface area contributed by atoms with Gasteiger partial charge in [-0.05, 0) is 29.6 Å². The quantitative estimate of drug-likeness (QED) is 0.254. The SMILES string of the molecule is OCc1ccc[n+](/C(C(=S)Nc2ccccc2Cl)=C(\O)c2cccs2)c1. The van der Waals surface area contributed by atoms with Gasteiger partial charge in [0.2, 0.25) is 5.76 Å². The first kappa shape index (κ1) is 18.5. The van der Waals surface area contributed by atoms with Crippen molar-refractivity contribution in [2.75, 3.05) is 5.32 Å². The van der Waals surface area contributed by atoms with E-state index in [2.05, 4.69) is 5.32 Å². The van der Waals surface area contributed by atoms with Gasteiger partial charge in [-0.2, -0.15) is 4.57 Å². The summed E-state index contributed by atoms with van der Waals surface area (Å²) in [4.78, 5) is 0.995. The lowest BCUT2D eigenvalue weighted by Gasteiger charge is -2.11. The predicted molar refractivity (Wildman–Crippen MR) is 110 cm³/mol. The van der Waals surface area contributed by atoms with Crippen molar-refractivity contribution in [3.8, 4) is 0 Å². The Bertz CT molecular complexity index is 956. The molecule has 0 unspecified atom stereocenters. The number of pyridine rings is 1. The van der Waals surface area contributed by atoms with Gasteiger partial charge in [0.25, 0.3) is 5.70 Å². The number of para-hydroxylation sites is 1. The zero-order valence-corrected chi connectivity index (χ0v) is 16.0. The number of nitrogens with zero attached hydrogens (tertiary/aromatic N) is 1. The number of hydrogen-bond donors (Lipinski definition) is 3. The lowest BCUT2D eigenvalue weighted by atomic mass is 10.2. The number of anilines is 1. The average molecular weight is 404 g/mol. The largest absolute Gasteiger partial charge is 0.501 e. The topological polar surface area (TPSA) is 56.4 Å². The van der Waals surface area contributed by atoms with Crippen LogP contribution in [0.5, 0.6) is 0 Å². The third-order valence-electron chi connectivity index (χ3n) is 3.62. The van der Waals surface area contributed by atoms with E-state index in [9.17, 15) is 10.2 Å². The summed E-state index contributed by atoms with van der Waals surface area (Å²) in [5.74, 6) is 0.0460. The van der Waals surface area contributed by atoms with Crippen LogP contribution in [0.2, 0.25) is 5.02 Å². The van der Waals surface area contributed by atoms with Gasteiger partial charge in [-0.3, -0.25) is 0 Å². The van der Waals surface area contributed by atoms with Gasteiger partial charge in [0.05, 0.1) is 22.2 Å². The van der Waals surface area contributed by atoms with Crippen molar-refractivity contribution in [3.05, 3.63) is 81.8 Å². The van der Waals surface area contributed by atoms with Crippen molar-refractivity contribution in [3.63, 3.8) is 0 Å². The van der Waals surface area contributed by atoms with Crippen LogP contribution in [0.1, 0.15) is 10.4 Å². The Morgan fingerprint density at radius 3 is 2.65 bits per heavy atom. The van der Waals surface area contributed by atoms with Crippen LogP contribution in [-0.4, -0.2) is 15.2 Å². The highest BCUT2D eigenvalue weighted by atomic mass is 35.5. The first-order valence-corrected chi connectivity index (χ1v) is 9.41. The van der Waals surface area contributed by atoms with Crippen LogP contribution in [0.25, 0.3) is 11.5 Å². The predicted octanol–water partition coefficient (Wildman–Crippen LogP) is 4.50. The Labute approximate surface area is 165 Å². The van der Waals surface area contributed by atoms with Gasteiger partial charge in [-0.15, -0.1) is 11.3 Å². The Morgan fingerprint density at radius 2 is 1.96 bits per heavy atom. The molecule has 0 amide bonds. The molecule has 4 nitrogen and oxygen atoms in total. The molecule has 3 rings (SSSR count). The Hall–Kier alpha value is -2.25. The molecule has 3 aromatic rings. The molecule has 3 N–H and O–H groups in total. The summed E-state index contributed by atoms with van der Waals surface area (Å²) in [5.41, 5.74) is 1.75. The van der Waals surface area contributed by atoms with Gasteiger partial charge in [-0.1, -0.05) is 42.0 Å². The fourth-order valence-electron chi connectivity index (χ4n) is 2.38. The summed E-state index contributed by atoms with van der Waals surface area (Å²) in [6.45, 7) is -0.113. The van der Waals surface area contributed by atoms with Crippen LogP contribution in [0, 0.1) is 0 Å². The number of nitrogens with one attached hydrogen (secondary N) is 1. The third-order valence-corrected chi connectivity index (χ3v) is 5.12. The van der Waals surface area contributed by atoms with E-state index in [-0.39, 0.29) is 12.4 Å². The Balaban J connectivity index is 2.07. The summed E-state index contributed by atoms with van der Waals surface area (Å²) in [5, 5.41) is 25.8. The molecule has 0 aliphatic rings. The van der Waals surface area contributed by atoms with Crippen molar-refractivity contribution >= 4 is 57.3 Å². The maximum absolute atomic E-state index is 10.9. The van der Waals surface area contributed by atoms with E-state index in [0.717, 1.165) is 0 Å². The van der Waals surface area contributed by atoms with E-state index in [1.165, 1.54) is 11.3 Å². The second kappa shape index (κ2) is 8.42. The minimum absolute atomic E-state index is 0.0460. The standard InChI is InChI=1S/C19H15ClN2O2S2/c20-14-6-1-2-7-15(14)21-19(25)17(18(24)16-8-4-10-26-16)22-9-3-5-13(11-22)12-23/h1-11,23H,12H2,(H-,21,24,25)/p+1. The van der Waals surface area contributed by atoms with E-state index in [1.807, 2.05) is 35.7 Å². The molecule has 0 aliphatic carbocycles. The monoisotopic (exact) mass is 403 g/mol. The van der Waals surface area contributed by atoms with E-state index >= 15 is 0 Å². The molecule has 2 aromatic heterocycles.